The molecule has 0 atom stereocenters. The average molecular weight is 229 g/mol. The van der Waals surface area contributed by atoms with Crippen molar-refractivity contribution in [2.45, 2.75) is 40.0 Å². The van der Waals surface area contributed by atoms with Crippen LogP contribution in [0, 0.1) is 16.7 Å². The van der Waals surface area contributed by atoms with Gasteiger partial charge in [-0.1, -0.05) is 32.9 Å². The number of benzene rings is 1. The van der Waals surface area contributed by atoms with Gasteiger partial charge in [0.25, 0.3) is 0 Å². The number of nitriles is 1. The van der Waals surface area contributed by atoms with Crippen LogP contribution in [-0.4, -0.2) is 5.78 Å². The summed E-state index contributed by atoms with van der Waals surface area (Å²) in [5.41, 5.74) is 1.58. The first-order valence-electron chi connectivity index (χ1n) is 5.96. The van der Waals surface area contributed by atoms with Crippen molar-refractivity contribution in [3.63, 3.8) is 0 Å². The third-order valence-corrected chi connectivity index (χ3v) is 2.67. The molecule has 0 saturated carbocycles. The first kappa shape index (κ1) is 13.4. The van der Waals surface area contributed by atoms with Crippen LogP contribution < -0.4 is 0 Å². The number of Topliss-reactive ketones (excluding diaryl/α,β-unsaturated/α-hetero) is 1. The molecule has 0 aliphatic carbocycles. The molecule has 1 aromatic rings. The van der Waals surface area contributed by atoms with Gasteiger partial charge in [0, 0.05) is 12.0 Å². The fraction of sp³-hybridized carbons (Fsp3) is 0.467. The molecule has 0 amide bonds. The molecule has 0 spiro atoms. The minimum Gasteiger partial charge on any atom is -0.294 e. The second-order valence-corrected chi connectivity index (χ2v) is 5.53. The zero-order chi connectivity index (χ0) is 12.9. The lowest BCUT2D eigenvalue weighted by Crippen LogP contribution is -2.06. The van der Waals surface area contributed by atoms with E-state index < -0.39 is 0 Å². The van der Waals surface area contributed by atoms with Crippen LogP contribution in [-0.2, 0) is 0 Å². The van der Waals surface area contributed by atoms with Crippen LogP contribution in [0.3, 0.4) is 0 Å². The molecule has 17 heavy (non-hydrogen) atoms. The molecule has 90 valence electrons. The molecule has 0 radical (unpaired) electrons. The molecule has 1 rings (SSSR count). The van der Waals surface area contributed by atoms with Crippen molar-refractivity contribution in [3.8, 4) is 6.07 Å². The van der Waals surface area contributed by atoms with E-state index in [0.29, 0.717) is 17.5 Å². The monoisotopic (exact) mass is 229 g/mol. The molecule has 0 fully saturated rings. The highest BCUT2D eigenvalue weighted by Gasteiger charge is 2.12. The lowest BCUT2D eigenvalue weighted by molar-refractivity contribution is 0.0976. The summed E-state index contributed by atoms with van der Waals surface area (Å²) in [7, 11) is 0. The largest absolute Gasteiger partial charge is 0.294 e. The zero-order valence-electron chi connectivity index (χ0n) is 10.8. The molecule has 0 saturated heterocycles. The molecule has 0 unspecified atom stereocenters. The van der Waals surface area contributed by atoms with Crippen molar-refractivity contribution in [1.29, 1.82) is 5.26 Å². The van der Waals surface area contributed by atoms with Crippen molar-refractivity contribution in [1.82, 2.24) is 0 Å². The molecule has 2 heteroatoms. The van der Waals surface area contributed by atoms with Crippen molar-refractivity contribution in [3.05, 3.63) is 35.4 Å². The Bertz CT molecular complexity index is 418. The van der Waals surface area contributed by atoms with Gasteiger partial charge in [-0.25, -0.2) is 0 Å². The third kappa shape index (κ3) is 4.82. The van der Waals surface area contributed by atoms with E-state index in [1.54, 1.807) is 24.3 Å². The highest BCUT2D eigenvalue weighted by Crippen LogP contribution is 2.22. The predicted octanol–water partition coefficient (Wildman–Crippen LogP) is 3.96. The van der Waals surface area contributed by atoms with Gasteiger partial charge in [0.15, 0.2) is 5.78 Å². The van der Waals surface area contributed by atoms with E-state index in [9.17, 15) is 4.79 Å². The standard InChI is InChI=1S/C15H19NO/c1-15(2,3)10-4-5-14(17)13-8-6-12(11-16)7-9-13/h6-9H,4-5,10H2,1-3H3. The number of carbonyl (C=O) groups excluding carboxylic acids is 1. The maximum Gasteiger partial charge on any atom is 0.162 e. The summed E-state index contributed by atoms with van der Waals surface area (Å²) in [6.07, 6.45) is 2.56. The summed E-state index contributed by atoms with van der Waals surface area (Å²) < 4.78 is 0. The van der Waals surface area contributed by atoms with Gasteiger partial charge in [0.2, 0.25) is 0 Å². The number of nitrogens with zero attached hydrogens (tertiary/aromatic N) is 1. The van der Waals surface area contributed by atoms with E-state index >= 15 is 0 Å². The maximum atomic E-state index is 11.8. The minimum absolute atomic E-state index is 0.165. The molecule has 0 heterocycles. The van der Waals surface area contributed by atoms with Crippen LogP contribution in [0.2, 0.25) is 0 Å². The summed E-state index contributed by atoms with van der Waals surface area (Å²) in [4.78, 5) is 11.8. The van der Waals surface area contributed by atoms with Crippen LogP contribution >= 0.6 is 0 Å². The quantitative estimate of drug-likeness (QED) is 0.733. The Morgan fingerprint density at radius 2 is 1.82 bits per heavy atom. The van der Waals surface area contributed by atoms with Gasteiger partial charge in [-0.2, -0.15) is 5.26 Å². The number of rotatable bonds is 4. The van der Waals surface area contributed by atoms with Gasteiger partial charge in [0.05, 0.1) is 11.6 Å². The van der Waals surface area contributed by atoms with Gasteiger partial charge < -0.3 is 0 Å². The smallest absolute Gasteiger partial charge is 0.162 e. The Balaban J connectivity index is 2.50. The number of hydrogen-bond acceptors (Lipinski definition) is 2. The Morgan fingerprint density at radius 1 is 1.24 bits per heavy atom. The van der Waals surface area contributed by atoms with E-state index in [1.165, 1.54) is 0 Å². The lowest BCUT2D eigenvalue weighted by atomic mass is 9.89. The molecule has 0 aromatic heterocycles. The predicted molar refractivity (Wildman–Crippen MR) is 68.8 cm³/mol. The normalized spacial score (nSPS) is 10.9. The van der Waals surface area contributed by atoms with Gasteiger partial charge in [-0.3, -0.25) is 4.79 Å². The average Bonchev–Trinajstić information content (AvgIpc) is 2.27. The van der Waals surface area contributed by atoms with Crippen molar-refractivity contribution >= 4 is 5.78 Å². The third-order valence-electron chi connectivity index (χ3n) is 2.67. The second-order valence-electron chi connectivity index (χ2n) is 5.53. The van der Waals surface area contributed by atoms with Crippen LogP contribution in [0.5, 0.6) is 0 Å². The molecule has 0 bridgehead atoms. The van der Waals surface area contributed by atoms with E-state index in [0.717, 1.165) is 12.8 Å². The van der Waals surface area contributed by atoms with Gasteiger partial charge in [-0.15, -0.1) is 0 Å². The summed E-state index contributed by atoms with van der Waals surface area (Å²) >= 11 is 0. The fourth-order valence-electron chi connectivity index (χ4n) is 1.65. The van der Waals surface area contributed by atoms with E-state index in [-0.39, 0.29) is 11.2 Å². The van der Waals surface area contributed by atoms with E-state index in [1.807, 2.05) is 6.07 Å². The Labute approximate surface area is 103 Å². The molecule has 0 aliphatic rings. The van der Waals surface area contributed by atoms with Gasteiger partial charge in [0.1, 0.15) is 0 Å². The van der Waals surface area contributed by atoms with Gasteiger partial charge in [-0.05, 0) is 30.4 Å². The molecular weight excluding hydrogens is 210 g/mol. The minimum atomic E-state index is 0.165. The molecule has 2 nitrogen and oxygen atoms in total. The highest BCUT2D eigenvalue weighted by atomic mass is 16.1. The first-order valence-corrected chi connectivity index (χ1v) is 5.96. The number of hydrogen-bond donors (Lipinski definition) is 0. The van der Waals surface area contributed by atoms with Crippen LogP contribution in [0.1, 0.15) is 56.0 Å². The first-order chi connectivity index (χ1) is 7.92. The maximum absolute atomic E-state index is 11.8. The zero-order valence-corrected chi connectivity index (χ0v) is 10.8. The van der Waals surface area contributed by atoms with Crippen LogP contribution in [0.4, 0.5) is 0 Å². The lowest BCUT2D eigenvalue weighted by Gasteiger charge is -2.17. The van der Waals surface area contributed by atoms with E-state index in [2.05, 4.69) is 20.8 Å². The molecule has 0 aliphatic heterocycles. The summed E-state index contributed by atoms with van der Waals surface area (Å²) in [6.45, 7) is 6.54. The van der Waals surface area contributed by atoms with Crippen molar-refractivity contribution < 1.29 is 4.79 Å². The Hall–Kier alpha value is -1.62. The molecule has 1 aromatic carbocycles. The second kappa shape index (κ2) is 5.63. The topological polar surface area (TPSA) is 40.9 Å². The SMILES string of the molecule is CC(C)(C)CCCC(=O)c1ccc(C#N)cc1. The number of ketones is 1. The van der Waals surface area contributed by atoms with Crippen molar-refractivity contribution in [2.24, 2.45) is 5.41 Å². The van der Waals surface area contributed by atoms with Crippen molar-refractivity contribution in [2.75, 3.05) is 0 Å². The summed E-state index contributed by atoms with van der Waals surface area (Å²) in [6, 6.07) is 8.90. The van der Waals surface area contributed by atoms with Crippen LogP contribution in [0.15, 0.2) is 24.3 Å². The number of carbonyl (C=O) groups is 1. The fourth-order valence-corrected chi connectivity index (χ4v) is 1.65. The molecular formula is C15H19NO. The Morgan fingerprint density at radius 3 is 2.29 bits per heavy atom. The summed E-state index contributed by atoms with van der Waals surface area (Å²) in [5.74, 6) is 0.165. The molecule has 0 N–H and O–H groups in total. The highest BCUT2D eigenvalue weighted by molar-refractivity contribution is 5.96. The Kier molecular flexibility index (Phi) is 4.45. The summed E-state index contributed by atoms with van der Waals surface area (Å²) in [5, 5.41) is 8.66. The van der Waals surface area contributed by atoms with Gasteiger partial charge >= 0.3 is 0 Å². The van der Waals surface area contributed by atoms with E-state index in [4.69, 9.17) is 5.26 Å². The van der Waals surface area contributed by atoms with Crippen LogP contribution in [0.25, 0.3) is 0 Å².